The van der Waals surface area contributed by atoms with Crippen molar-refractivity contribution in [2.24, 2.45) is 0 Å². The molecule has 0 fully saturated rings. The molecule has 2 aromatic rings. The van der Waals surface area contributed by atoms with Gasteiger partial charge in [-0.1, -0.05) is 13.8 Å². The number of hydrogen-bond acceptors (Lipinski definition) is 2. The largest absolute Gasteiger partial charge is 0.346 e. The first-order chi connectivity index (χ1) is 6.33. The van der Waals surface area contributed by atoms with Gasteiger partial charge in [-0.25, -0.2) is 9.97 Å². The van der Waals surface area contributed by atoms with E-state index in [1.54, 1.807) is 6.33 Å². The Balaban J connectivity index is 2.60. The minimum Gasteiger partial charge on any atom is -0.346 e. The number of aromatic amines is 1. The van der Waals surface area contributed by atoms with E-state index in [2.05, 4.69) is 28.8 Å². The molecule has 68 valence electrons. The monoisotopic (exact) mass is 175 g/mol. The van der Waals surface area contributed by atoms with Crippen molar-refractivity contribution in [2.75, 3.05) is 0 Å². The molecule has 0 saturated carbocycles. The lowest BCUT2D eigenvalue weighted by Gasteiger charge is -2.07. The fourth-order valence-electron chi connectivity index (χ4n) is 1.48. The third-order valence-corrected chi connectivity index (χ3v) is 2.46. The lowest BCUT2D eigenvalue weighted by atomic mass is 10.0. The van der Waals surface area contributed by atoms with Crippen LogP contribution in [0.5, 0.6) is 0 Å². The Morgan fingerprint density at radius 1 is 1.46 bits per heavy atom. The SMILES string of the molecule is CCC(C)c1ncnc2[nH]ccc12. The normalized spacial score (nSPS) is 13.4. The Kier molecular flexibility index (Phi) is 2.00. The molecule has 0 bridgehead atoms. The van der Waals surface area contributed by atoms with E-state index in [0.717, 1.165) is 23.1 Å². The molecule has 1 atom stereocenters. The molecule has 1 N–H and O–H groups in total. The zero-order valence-corrected chi connectivity index (χ0v) is 7.91. The van der Waals surface area contributed by atoms with E-state index in [1.165, 1.54) is 0 Å². The second-order valence-electron chi connectivity index (χ2n) is 3.31. The number of H-pyrrole nitrogens is 1. The summed E-state index contributed by atoms with van der Waals surface area (Å²) in [5.41, 5.74) is 2.08. The molecule has 0 saturated heterocycles. The minimum atomic E-state index is 0.501. The van der Waals surface area contributed by atoms with Crippen LogP contribution < -0.4 is 0 Å². The summed E-state index contributed by atoms with van der Waals surface area (Å²) in [6.45, 7) is 4.36. The molecule has 2 aromatic heterocycles. The summed E-state index contributed by atoms with van der Waals surface area (Å²) < 4.78 is 0. The quantitative estimate of drug-likeness (QED) is 0.761. The molecule has 0 radical (unpaired) electrons. The second-order valence-corrected chi connectivity index (χ2v) is 3.31. The van der Waals surface area contributed by atoms with Crippen molar-refractivity contribution in [1.29, 1.82) is 0 Å². The van der Waals surface area contributed by atoms with Gasteiger partial charge in [-0.3, -0.25) is 0 Å². The fourth-order valence-corrected chi connectivity index (χ4v) is 1.48. The van der Waals surface area contributed by atoms with E-state index in [-0.39, 0.29) is 0 Å². The smallest absolute Gasteiger partial charge is 0.140 e. The molecule has 1 unspecified atom stereocenters. The minimum absolute atomic E-state index is 0.501. The number of rotatable bonds is 2. The van der Waals surface area contributed by atoms with Crippen LogP contribution in [0.4, 0.5) is 0 Å². The third kappa shape index (κ3) is 1.30. The molecule has 0 aliphatic heterocycles. The molecule has 3 heteroatoms. The first-order valence-electron chi connectivity index (χ1n) is 4.61. The van der Waals surface area contributed by atoms with Crippen molar-refractivity contribution in [3.63, 3.8) is 0 Å². The molecule has 3 nitrogen and oxygen atoms in total. The average Bonchev–Trinajstić information content (AvgIpc) is 2.63. The maximum atomic E-state index is 4.32. The molecule has 0 aromatic carbocycles. The van der Waals surface area contributed by atoms with Gasteiger partial charge in [-0.2, -0.15) is 0 Å². The van der Waals surface area contributed by atoms with E-state index < -0.39 is 0 Å². The van der Waals surface area contributed by atoms with Crippen LogP contribution in [0.25, 0.3) is 11.0 Å². The van der Waals surface area contributed by atoms with E-state index in [1.807, 2.05) is 12.3 Å². The molecule has 0 aliphatic carbocycles. The Morgan fingerprint density at radius 2 is 2.31 bits per heavy atom. The highest BCUT2D eigenvalue weighted by Gasteiger charge is 2.09. The molecular formula is C10H13N3. The highest BCUT2D eigenvalue weighted by Crippen LogP contribution is 2.22. The first kappa shape index (κ1) is 8.23. The van der Waals surface area contributed by atoms with E-state index >= 15 is 0 Å². The molecule has 0 aliphatic rings. The van der Waals surface area contributed by atoms with Crippen LogP contribution in [-0.2, 0) is 0 Å². The van der Waals surface area contributed by atoms with Crippen molar-refractivity contribution in [3.8, 4) is 0 Å². The van der Waals surface area contributed by atoms with Crippen LogP contribution in [-0.4, -0.2) is 15.0 Å². The lowest BCUT2D eigenvalue weighted by Crippen LogP contribution is -1.96. The number of nitrogens with one attached hydrogen (secondary N) is 1. The summed E-state index contributed by atoms with van der Waals surface area (Å²) in [5, 5.41) is 1.15. The van der Waals surface area contributed by atoms with Crippen molar-refractivity contribution in [3.05, 3.63) is 24.3 Å². The zero-order chi connectivity index (χ0) is 9.26. The Bertz CT molecular complexity index is 405. The molecule has 2 heterocycles. The lowest BCUT2D eigenvalue weighted by molar-refractivity contribution is 0.713. The van der Waals surface area contributed by atoms with Crippen LogP contribution in [0.3, 0.4) is 0 Å². The number of hydrogen-bond donors (Lipinski definition) is 1. The zero-order valence-electron chi connectivity index (χ0n) is 7.91. The standard InChI is InChI=1S/C10H13N3/c1-3-7(2)9-8-4-5-11-10(8)13-6-12-9/h4-7H,3H2,1-2H3,(H,11,12,13). The second kappa shape index (κ2) is 3.17. The Hall–Kier alpha value is -1.38. The van der Waals surface area contributed by atoms with Gasteiger partial charge in [0.05, 0.1) is 5.69 Å². The maximum Gasteiger partial charge on any atom is 0.140 e. The summed E-state index contributed by atoms with van der Waals surface area (Å²) in [4.78, 5) is 11.6. The van der Waals surface area contributed by atoms with Gasteiger partial charge in [0, 0.05) is 11.6 Å². The van der Waals surface area contributed by atoms with Crippen LogP contribution in [0, 0.1) is 0 Å². The summed E-state index contributed by atoms with van der Waals surface area (Å²) in [6, 6.07) is 2.04. The van der Waals surface area contributed by atoms with Crippen molar-refractivity contribution >= 4 is 11.0 Å². The molecule has 0 spiro atoms. The Morgan fingerprint density at radius 3 is 3.08 bits per heavy atom. The molecule has 2 rings (SSSR count). The van der Waals surface area contributed by atoms with Gasteiger partial charge in [-0.15, -0.1) is 0 Å². The third-order valence-electron chi connectivity index (χ3n) is 2.46. The van der Waals surface area contributed by atoms with Crippen LogP contribution in [0.2, 0.25) is 0 Å². The van der Waals surface area contributed by atoms with Crippen LogP contribution in [0.15, 0.2) is 18.6 Å². The van der Waals surface area contributed by atoms with Gasteiger partial charge in [0.25, 0.3) is 0 Å². The van der Waals surface area contributed by atoms with Gasteiger partial charge in [-0.05, 0) is 18.4 Å². The number of nitrogens with zero attached hydrogens (tertiary/aromatic N) is 2. The van der Waals surface area contributed by atoms with Crippen LogP contribution in [0.1, 0.15) is 31.9 Å². The van der Waals surface area contributed by atoms with Crippen molar-refractivity contribution in [2.45, 2.75) is 26.2 Å². The molecule has 0 amide bonds. The summed E-state index contributed by atoms with van der Waals surface area (Å²) in [5.74, 6) is 0.501. The number of fused-ring (bicyclic) bond motifs is 1. The predicted octanol–water partition coefficient (Wildman–Crippen LogP) is 2.47. The average molecular weight is 175 g/mol. The summed E-state index contributed by atoms with van der Waals surface area (Å²) in [6.07, 6.45) is 4.64. The fraction of sp³-hybridized carbons (Fsp3) is 0.400. The van der Waals surface area contributed by atoms with Crippen molar-refractivity contribution < 1.29 is 0 Å². The van der Waals surface area contributed by atoms with Crippen LogP contribution >= 0.6 is 0 Å². The van der Waals surface area contributed by atoms with Gasteiger partial charge in [0.15, 0.2) is 0 Å². The van der Waals surface area contributed by atoms with E-state index in [0.29, 0.717) is 5.92 Å². The van der Waals surface area contributed by atoms with Crippen molar-refractivity contribution in [1.82, 2.24) is 15.0 Å². The Labute approximate surface area is 77.2 Å². The molecule has 13 heavy (non-hydrogen) atoms. The van der Waals surface area contributed by atoms with E-state index in [4.69, 9.17) is 0 Å². The predicted molar refractivity (Wildman–Crippen MR) is 52.6 cm³/mol. The highest BCUT2D eigenvalue weighted by molar-refractivity contribution is 5.78. The number of aromatic nitrogens is 3. The van der Waals surface area contributed by atoms with Gasteiger partial charge in [0.2, 0.25) is 0 Å². The highest BCUT2D eigenvalue weighted by atomic mass is 14.9. The first-order valence-corrected chi connectivity index (χ1v) is 4.61. The van der Waals surface area contributed by atoms with Gasteiger partial charge in [0.1, 0.15) is 12.0 Å². The van der Waals surface area contributed by atoms with Gasteiger partial charge < -0.3 is 4.98 Å². The topological polar surface area (TPSA) is 41.6 Å². The van der Waals surface area contributed by atoms with E-state index in [9.17, 15) is 0 Å². The molecular weight excluding hydrogens is 162 g/mol. The summed E-state index contributed by atoms with van der Waals surface area (Å²) in [7, 11) is 0. The summed E-state index contributed by atoms with van der Waals surface area (Å²) >= 11 is 0. The van der Waals surface area contributed by atoms with Gasteiger partial charge >= 0.3 is 0 Å². The maximum absolute atomic E-state index is 4.32.